The first-order valence-corrected chi connectivity index (χ1v) is 9.47. The predicted octanol–water partition coefficient (Wildman–Crippen LogP) is 4.13. The Balaban J connectivity index is 2.53. The van der Waals surface area contributed by atoms with Gasteiger partial charge in [0.2, 0.25) is 0 Å². The van der Waals surface area contributed by atoms with Crippen molar-refractivity contribution in [2.75, 3.05) is 0 Å². The summed E-state index contributed by atoms with van der Waals surface area (Å²) in [5.74, 6) is 0. The predicted molar refractivity (Wildman–Crippen MR) is 76.7 cm³/mol. The second kappa shape index (κ2) is 3.47. The lowest BCUT2D eigenvalue weighted by molar-refractivity contribution is 0.619. The van der Waals surface area contributed by atoms with Gasteiger partial charge in [-0.2, -0.15) is 0 Å². The molecule has 1 heterocycles. The monoisotopic (exact) mass is 240 g/mol. The number of benzene rings is 2. The molecule has 0 fully saturated rings. The standard InChI is InChI=1S/C15H16OSi/c1-17(2,3)14-10-11-6-4-5-7-12(11)15-13(14)8-9-16-15/h4-10H,1-3H3. The Morgan fingerprint density at radius 3 is 2.47 bits per heavy atom. The first-order chi connectivity index (χ1) is 8.07. The third-order valence-electron chi connectivity index (χ3n) is 3.27. The smallest absolute Gasteiger partial charge is 0.141 e. The molecule has 0 amide bonds. The lowest BCUT2D eigenvalue weighted by atomic mass is 10.1. The summed E-state index contributed by atoms with van der Waals surface area (Å²) in [5.41, 5.74) is 1.04. The lowest BCUT2D eigenvalue weighted by Crippen LogP contribution is -2.37. The highest BCUT2D eigenvalue weighted by molar-refractivity contribution is 6.90. The van der Waals surface area contributed by atoms with Crippen molar-refractivity contribution in [1.82, 2.24) is 0 Å². The average Bonchev–Trinajstić information content (AvgIpc) is 2.75. The highest BCUT2D eigenvalue weighted by Gasteiger charge is 2.21. The minimum atomic E-state index is -1.34. The lowest BCUT2D eigenvalue weighted by Gasteiger charge is -2.18. The van der Waals surface area contributed by atoms with Crippen LogP contribution in [0.15, 0.2) is 47.1 Å². The first kappa shape index (κ1) is 10.6. The molecule has 1 nitrogen and oxygen atoms in total. The van der Waals surface area contributed by atoms with E-state index in [1.54, 1.807) is 6.26 Å². The molecule has 0 aliphatic heterocycles. The number of hydrogen-bond donors (Lipinski definition) is 0. The Bertz CT molecular complexity index is 689. The first-order valence-electron chi connectivity index (χ1n) is 5.97. The fraction of sp³-hybridized carbons (Fsp3) is 0.200. The second-order valence-corrected chi connectivity index (χ2v) is 10.6. The molecule has 3 rings (SSSR count). The molecule has 0 radical (unpaired) electrons. The van der Waals surface area contributed by atoms with Gasteiger partial charge in [-0.1, -0.05) is 50.0 Å². The summed E-state index contributed by atoms with van der Waals surface area (Å²) in [6.45, 7) is 7.14. The largest absolute Gasteiger partial charge is 0.464 e. The maximum absolute atomic E-state index is 5.69. The zero-order valence-corrected chi connectivity index (χ0v) is 11.4. The van der Waals surface area contributed by atoms with Gasteiger partial charge in [-0.15, -0.1) is 0 Å². The summed E-state index contributed by atoms with van der Waals surface area (Å²) in [7, 11) is -1.34. The molecular weight excluding hydrogens is 224 g/mol. The van der Waals surface area contributed by atoms with Gasteiger partial charge < -0.3 is 4.42 Å². The van der Waals surface area contributed by atoms with E-state index in [2.05, 4.69) is 56.0 Å². The van der Waals surface area contributed by atoms with Gasteiger partial charge >= 0.3 is 0 Å². The van der Waals surface area contributed by atoms with Crippen LogP contribution in [0, 0.1) is 0 Å². The van der Waals surface area contributed by atoms with Crippen LogP contribution in [0.1, 0.15) is 0 Å². The quantitative estimate of drug-likeness (QED) is 0.583. The van der Waals surface area contributed by atoms with Crippen LogP contribution in [0.2, 0.25) is 19.6 Å². The van der Waals surface area contributed by atoms with E-state index in [9.17, 15) is 0 Å². The summed E-state index contributed by atoms with van der Waals surface area (Å²) in [4.78, 5) is 0. The maximum atomic E-state index is 5.69. The van der Waals surface area contributed by atoms with Crippen LogP contribution in [0.3, 0.4) is 0 Å². The zero-order chi connectivity index (χ0) is 12.0. The summed E-state index contributed by atoms with van der Waals surface area (Å²) in [5, 5.41) is 5.28. The maximum Gasteiger partial charge on any atom is 0.141 e. The van der Waals surface area contributed by atoms with Crippen LogP contribution in [-0.4, -0.2) is 8.07 Å². The SMILES string of the molecule is C[Si](C)(C)c1cc2ccccc2c2occc12. The minimum Gasteiger partial charge on any atom is -0.464 e. The van der Waals surface area contributed by atoms with Crippen molar-refractivity contribution in [3.05, 3.63) is 42.7 Å². The molecule has 2 aromatic carbocycles. The molecule has 0 atom stereocenters. The van der Waals surface area contributed by atoms with Gasteiger partial charge in [-0.25, -0.2) is 0 Å². The molecule has 0 saturated carbocycles. The van der Waals surface area contributed by atoms with E-state index >= 15 is 0 Å². The molecular formula is C15H16OSi. The molecule has 2 heteroatoms. The molecule has 0 unspecified atom stereocenters. The van der Waals surface area contributed by atoms with Crippen LogP contribution >= 0.6 is 0 Å². The van der Waals surface area contributed by atoms with Gasteiger partial charge in [0.05, 0.1) is 14.3 Å². The number of furan rings is 1. The number of fused-ring (bicyclic) bond motifs is 3. The van der Waals surface area contributed by atoms with Crippen LogP contribution in [-0.2, 0) is 0 Å². The van der Waals surface area contributed by atoms with Crippen molar-refractivity contribution in [1.29, 1.82) is 0 Å². The van der Waals surface area contributed by atoms with E-state index in [-0.39, 0.29) is 0 Å². The molecule has 0 saturated heterocycles. The molecule has 0 aliphatic rings. The van der Waals surface area contributed by atoms with Gasteiger partial charge in [-0.05, 0) is 16.6 Å². The van der Waals surface area contributed by atoms with Gasteiger partial charge in [0.1, 0.15) is 5.58 Å². The Morgan fingerprint density at radius 2 is 1.71 bits per heavy atom. The summed E-state index contributed by atoms with van der Waals surface area (Å²) in [6.07, 6.45) is 1.81. The van der Waals surface area contributed by atoms with E-state index < -0.39 is 8.07 Å². The van der Waals surface area contributed by atoms with Crippen LogP contribution < -0.4 is 5.19 Å². The van der Waals surface area contributed by atoms with Crippen LogP contribution in [0.5, 0.6) is 0 Å². The van der Waals surface area contributed by atoms with E-state index in [0.29, 0.717) is 0 Å². The molecule has 0 N–H and O–H groups in total. The van der Waals surface area contributed by atoms with Crippen molar-refractivity contribution < 1.29 is 4.42 Å². The Hall–Kier alpha value is -1.54. The third kappa shape index (κ3) is 1.60. The van der Waals surface area contributed by atoms with E-state index in [1.165, 1.54) is 21.3 Å². The van der Waals surface area contributed by atoms with Crippen molar-refractivity contribution in [2.45, 2.75) is 19.6 Å². The molecule has 3 aromatic rings. The number of hydrogen-bond acceptors (Lipinski definition) is 1. The van der Waals surface area contributed by atoms with Crippen molar-refractivity contribution in [3.8, 4) is 0 Å². The van der Waals surface area contributed by atoms with Crippen molar-refractivity contribution in [3.63, 3.8) is 0 Å². The van der Waals surface area contributed by atoms with Crippen molar-refractivity contribution in [2.24, 2.45) is 0 Å². The van der Waals surface area contributed by atoms with Gasteiger partial charge in [-0.3, -0.25) is 0 Å². The summed E-state index contributed by atoms with van der Waals surface area (Å²) >= 11 is 0. The van der Waals surface area contributed by atoms with E-state index in [4.69, 9.17) is 4.42 Å². The Labute approximate surface area is 102 Å². The summed E-state index contributed by atoms with van der Waals surface area (Å²) in [6, 6.07) is 12.9. The van der Waals surface area contributed by atoms with Crippen LogP contribution in [0.4, 0.5) is 0 Å². The van der Waals surface area contributed by atoms with Crippen LogP contribution in [0.25, 0.3) is 21.7 Å². The number of rotatable bonds is 1. The van der Waals surface area contributed by atoms with E-state index in [0.717, 1.165) is 5.58 Å². The second-order valence-electron chi connectivity index (χ2n) is 5.56. The Morgan fingerprint density at radius 1 is 0.941 bits per heavy atom. The van der Waals surface area contributed by atoms with Gasteiger partial charge in [0, 0.05) is 10.8 Å². The molecule has 0 bridgehead atoms. The fourth-order valence-electron chi connectivity index (χ4n) is 2.41. The highest BCUT2D eigenvalue weighted by atomic mass is 28.3. The average molecular weight is 240 g/mol. The highest BCUT2D eigenvalue weighted by Crippen LogP contribution is 2.26. The topological polar surface area (TPSA) is 13.1 Å². The Kier molecular flexibility index (Phi) is 2.17. The molecule has 86 valence electrons. The van der Waals surface area contributed by atoms with E-state index in [1.807, 2.05) is 0 Å². The minimum absolute atomic E-state index is 1.04. The van der Waals surface area contributed by atoms with Crippen molar-refractivity contribution >= 4 is 35.0 Å². The molecule has 1 aromatic heterocycles. The fourth-order valence-corrected chi connectivity index (χ4v) is 4.01. The molecule has 0 aliphatic carbocycles. The van der Waals surface area contributed by atoms with Gasteiger partial charge in [0.25, 0.3) is 0 Å². The summed E-state index contributed by atoms with van der Waals surface area (Å²) < 4.78 is 5.69. The third-order valence-corrected chi connectivity index (χ3v) is 5.30. The molecule has 0 spiro atoms. The normalized spacial score (nSPS) is 12.4. The molecule has 17 heavy (non-hydrogen) atoms. The van der Waals surface area contributed by atoms with Gasteiger partial charge in [0.15, 0.2) is 0 Å². The zero-order valence-electron chi connectivity index (χ0n) is 10.4.